The van der Waals surface area contributed by atoms with Gasteiger partial charge in [-0.25, -0.2) is 0 Å². The summed E-state index contributed by atoms with van der Waals surface area (Å²) in [4.78, 5) is 24.8. The standard InChI is InChI=1S/C18H19NO4/c1-18(2)7-12-17(13(20)8-18)11(6-16(21)19-12)10-3-4-14-15(5-10)23-9-22-14/h3-5,11H,6-9H2,1-2H3,(H,19,21). The summed E-state index contributed by atoms with van der Waals surface area (Å²) in [6, 6.07) is 5.67. The van der Waals surface area contributed by atoms with Gasteiger partial charge < -0.3 is 14.8 Å². The van der Waals surface area contributed by atoms with Crippen molar-refractivity contribution in [1.29, 1.82) is 0 Å². The van der Waals surface area contributed by atoms with E-state index in [1.165, 1.54) is 0 Å². The van der Waals surface area contributed by atoms with Gasteiger partial charge in [-0.1, -0.05) is 19.9 Å². The Morgan fingerprint density at radius 2 is 1.91 bits per heavy atom. The molecule has 0 saturated carbocycles. The average molecular weight is 313 g/mol. The molecule has 5 nitrogen and oxygen atoms in total. The van der Waals surface area contributed by atoms with Crippen LogP contribution in [0, 0.1) is 5.41 Å². The normalized spacial score (nSPS) is 25.2. The summed E-state index contributed by atoms with van der Waals surface area (Å²) in [5, 5.41) is 2.92. The van der Waals surface area contributed by atoms with Gasteiger partial charge in [-0.2, -0.15) is 0 Å². The topological polar surface area (TPSA) is 64.6 Å². The molecule has 1 atom stereocenters. The molecule has 3 aliphatic rings. The predicted molar refractivity (Wildman–Crippen MR) is 83.1 cm³/mol. The van der Waals surface area contributed by atoms with Crippen LogP contribution in [0.25, 0.3) is 0 Å². The number of rotatable bonds is 1. The van der Waals surface area contributed by atoms with E-state index >= 15 is 0 Å². The Morgan fingerprint density at radius 3 is 2.74 bits per heavy atom. The first-order valence-electron chi connectivity index (χ1n) is 7.89. The van der Waals surface area contributed by atoms with E-state index in [1.54, 1.807) is 0 Å². The van der Waals surface area contributed by atoms with Gasteiger partial charge in [0.05, 0.1) is 0 Å². The number of benzene rings is 1. The monoisotopic (exact) mass is 313 g/mol. The second kappa shape index (κ2) is 4.85. The molecule has 1 aliphatic carbocycles. The first kappa shape index (κ1) is 14.3. The lowest BCUT2D eigenvalue weighted by Crippen LogP contribution is -2.40. The molecule has 4 rings (SSSR count). The van der Waals surface area contributed by atoms with Crippen molar-refractivity contribution in [2.75, 3.05) is 6.79 Å². The molecule has 1 aromatic rings. The quantitative estimate of drug-likeness (QED) is 0.865. The van der Waals surface area contributed by atoms with Crippen molar-refractivity contribution in [1.82, 2.24) is 5.32 Å². The van der Waals surface area contributed by atoms with Crippen molar-refractivity contribution >= 4 is 11.7 Å². The van der Waals surface area contributed by atoms with Gasteiger partial charge in [-0.05, 0) is 29.5 Å². The highest BCUT2D eigenvalue weighted by Gasteiger charge is 2.40. The number of hydrogen-bond donors (Lipinski definition) is 1. The van der Waals surface area contributed by atoms with Gasteiger partial charge in [0.25, 0.3) is 0 Å². The van der Waals surface area contributed by atoms with Crippen LogP contribution in [0.1, 0.15) is 44.6 Å². The lowest BCUT2D eigenvalue weighted by atomic mass is 9.70. The van der Waals surface area contributed by atoms with Gasteiger partial charge in [0.2, 0.25) is 12.7 Å². The zero-order chi connectivity index (χ0) is 16.2. The first-order chi connectivity index (χ1) is 10.9. The molecule has 0 saturated heterocycles. The fraction of sp³-hybridized carbons (Fsp3) is 0.444. The Kier molecular flexibility index (Phi) is 3.01. The molecule has 0 aromatic heterocycles. The molecule has 1 amide bonds. The fourth-order valence-electron chi connectivity index (χ4n) is 3.77. The number of nitrogens with one attached hydrogen (secondary N) is 1. The van der Waals surface area contributed by atoms with Gasteiger partial charge in [0.15, 0.2) is 17.3 Å². The zero-order valence-corrected chi connectivity index (χ0v) is 13.3. The third kappa shape index (κ3) is 2.40. The van der Waals surface area contributed by atoms with Gasteiger partial charge in [0.1, 0.15) is 0 Å². The van der Waals surface area contributed by atoms with Gasteiger partial charge in [-0.3, -0.25) is 9.59 Å². The van der Waals surface area contributed by atoms with Gasteiger partial charge in [0, 0.05) is 30.0 Å². The maximum absolute atomic E-state index is 12.7. The molecule has 0 bridgehead atoms. The number of carbonyl (C=O) groups is 2. The molecular formula is C18H19NO4. The highest BCUT2D eigenvalue weighted by atomic mass is 16.7. The molecule has 2 heterocycles. The minimum absolute atomic E-state index is 0.0306. The van der Waals surface area contributed by atoms with Crippen LogP contribution in [-0.2, 0) is 9.59 Å². The number of amides is 1. The number of hydrogen-bond acceptors (Lipinski definition) is 4. The minimum Gasteiger partial charge on any atom is -0.454 e. The first-order valence-corrected chi connectivity index (χ1v) is 7.89. The van der Waals surface area contributed by atoms with Crippen LogP contribution in [0.5, 0.6) is 11.5 Å². The van der Waals surface area contributed by atoms with E-state index in [-0.39, 0.29) is 29.8 Å². The minimum atomic E-state index is -0.197. The SMILES string of the molecule is CC1(C)CC(=O)C2=C(C1)NC(=O)CC2c1ccc2c(c1)OCO2. The van der Waals surface area contributed by atoms with Crippen molar-refractivity contribution in [2.45, 2.75) is 39.0 Å². The van der Waals surface area contributed by atoms with Gasteiger partial charge >= 0.3 is 0 Å². The second-order valence-corrected chi connectivity index (χ2v) is 7.25. The molecule has 5 heteroatoms. The predicted octanol–water partition coefficient (Wildman–Crippen LogP) is 2.66. The maximum atomic E-state index is 12.7. The number of Topliss-reactive ketones (excluding diaryl/α,β-unsaturated/α-hetero) is 1. The number of allylic oxidation sites excluding steroid dienone is 2. The Bertz CT molecular complexity index is 747. The molecule has 2 aliphatic heterocycles. The molecule has 0 fully saturated rings. The van der Waals surface area contributed by atoms with Crippen LogP contribution >= 0.6 is 0 Å². The Hall–Kier alpha value is -2.30. The van der Waals surface area contributed by atoms with Gasteiger partial charge in [-0.15, -0.1) is 0 Å². The smallest absolute Gasteiger partial charge is 0.231 e. The third-order valence-electron chi connectivity index (χ3n) is 4.75. The van der Waals surface area contributed by atoms with E-state index in [2.05, 4.69) is 19.2 Å². The van der Waals surface area contributed by atoms with Crippen LogP contribution in [0.15, 0.2) is 29.5 Å². The number of ether oxygens (including phenoxy) is 2. The molecule has 120 valence electrons. The molecule has 23 heavy (non-hydrogen) atoms. The van der Waals surface area contributed by atoms with Crippen molar-refractivity contribution in [3.63, 3.8) is 0 Å². The lowest BCUT2D eigenvalue weighted by molar-refractivity contribution is -0.122. The molecular weight excluding hydrogens is 294 g/mol. The van der Waals surface area contributed by atoms with E-state index in [0.29, 0.717) is 24.3 Å². The van der Waals surface area contributed by atoms with E-state index in [9.17, 15) is 9.59 Å². The largest absolute Gasteiger partial charge is 0.454 e. The molecule has 1 aromatic carbocycles. The van der Waals surface area contributed by atoms with Crippen LogP contribution in [0.3, 0.4) is 0 Å². The number of fused-ring (bicyclic) bond motifs is 1. The molecule has 1 unspecified atom stereocenters. The summed E-state index contributed by atoms with van der Waals surface area (Å²) in [5.74, 6) is 1.30. The van der Waals surface area contributed by atoms with Crippen molar-refractivity contribution < 1.29 is 19.1 Å². The number of carbonyl (C=O) groups excluding carboxylic acids is 2. The van der Waals surface area contributed by atoms with Crippen molar-refractivity contribution in [2.24, 2.45) is 5.41 Å². The van der Waals surface area contributed by atoms with E-state index in [1.807, 2.05) is 18.2 Å². The maximum Gasteiger partial charge on any atom is 0.231 e. The van der Waals surface area contributed by atoms with Crippen molar-refractivity contribution in [3.05, 3.63) is 35.0 Å². The summed E-state index contributed by atoms with van der Waals surface area (Å²) in [6.45, 7) is 4.33. The summed E-state index contributed by atoms with van der Waals surface area (Å²) >= 11 is 0. The third-order valence-corrected chi connectivity index (χ3v) is 4.75. The lowest BCUT2D eigenvalue weighted by Gasteiger charge is -2.37. The Balaban J connectivity index is 1.78. The number of ketones is 1. The highest BCUT2D eigenvalue weighted by Crippen LogP contribution is 2.45. The van der Waals surface area contributed by atoms with E-state index in [0.717, 1.165) is 23.3 Å². The molecule has 0 radical (unpaired) electrons. The highest BCUT2D eigenvalue weighted by molar-refractivity contribution is 6.02. The Morgan fingerprint density at radius 1 is 1.13 bits per heavy atom. The molecule has 0 spiro atoms. The summed E-state index contributed by atoms with van der Waals surface area (Å²) in [7, 11) is 0. The average Bonchev–Trinajstić information content (AvgIpc) is 2.91. The Labute approximate surface area is 134 Å². The van der Waals surface area contributed by atoms with Crippen LogP contribution in [0.2, 0.25) is 0 Å². The summed E-state index contributed by atoms with van der Waals surface area (Å²) in [5.41, 5.74) is 2.39. The second-order valence-electron chi connectivity index (χ2n) is 7.25. The van der Waals surface area contributed by atoms with Crippen LogP contribution in [0.4, 0.5) is 0 Å². The summed E-state index contributed by atoms with van der Waals surface area (Å²) in [6.07, 6.45) is 1.54. The fourth-order valence-corrected chi connectivity index (χ4v) is 3.77. The summed E-state index contributed by atoms with van der Waals surface area (Å²) < 4.78 is 10.8. The zero-order valence-electron chi connectivity index (χ0n) is 13.3. The van der Waals surface area contributed by atoms with Crippen LogP contribution in [-0.4, -0.2) is 18.5 Å². The van der Waals surface area contributed by atoms with Crippen LogP contribution < -0.4 is 14.8 Å². The molecule has 1 N–H and O–H groups in total. The van der Waals surface area contributed by atoms with E-state index < -0.39 is 0 Å². The van der Waals surface area contributed by atoms with E-state index in [4.69, 9.17) is 9.47 Å². The van der Waals surface area contributed by atoms with Crippen molar-refractivity contribution in [3.8, 4) is 11.5 Å².